The molecular formula is C8H14O3. The molecular weight excluding hydrogens is 144 g/mol. The molecule has 0 unspecified atom stereocenters. The van der Waals surface area contributed by atoms with E-state index in [0.717, 1.165) is 0 Å². The third-order valence-corrected chi connectivity index (χ3v) is 1.67. The lowest BCUT2D eigenvalue weighted by Crippen LogP contribution is -2.21. The number of hydrogen-bond donors (Lipinski definition) is 1. The Morgan fingerprint density at radius 1 is 1.36 bits per heavy atom. The van der Waals surface area contributed by atoms with Gasteiger partial charge in [0.2, 0.25) is 0 Å². The van der Waals surface area contributed by atoms with Crippen molar-refractivity contribution in [1.82, 2.24) is 0 Å². The molecule has 64 valence electrons. The Balaban J connectivity index is 3.85. The third kappa shape index (κ3) is 3.88. The molecule has 0 aromatic carbocycles. The summed E-state index contributed by atoms with van der Waals surface area (Å²) in [6.07, 6.45) is -0.802. The molecule has 0 radical (unpaired) electrons. The summed E-state index contributed by atoms with van der Waals surface area (Å²) in [4.78, 5) is 21.5. The van der Waals surface area contributed by atoms with Crippen LogP contribution in [-0.2, 0) is 9.59 Å². The predicted octanol–water partition coefficient (Wildman–Crippen LogP) is 0.551. The van der Waals surface area contributed by atoms with E-state index < -0.39 is 6.10 Å². The lowest BCUT2D eigenvalue weighted by molar-refractivity contribution is -0.130. The Morgan fingerprint density at radius 2 is 1.82 bits per heavy atom. The van der Waals surface area contributed by atoms with Crippen molar-refractivity contribution < 1.29 is 14.7 Å². The van der Waals surface area contributed by atoms with Gasteiger partial charge in [0.1, 0.15) is 11.9 Å². The minimum atomic E-state index is -0.947. The summed E-state index contributed by atoms with van der Waals surface area (Å²) < 4.78 is 0. The van der Waals surface area contributed by atoms with Gasteiger partial charge in [0.05, 0.1) is 0 Å². The van der Waals surface area contributed by atoms with E-state index in [1.165, 1.54) is 13.8 Å². The molecule has 3 nitrogen and oxygen atoms in total. The van der Waals surface area contributed by atoms with Gasteiger partial charge in [0, 0.05) is 12.3 Å². The molecule has 11 heavy (non-hydrogen) atoms. The van der Waals surface area contributed by atoms with Gasteiger partial charge in [-0.15, -0.1) is 0 Å². The van der Waals surface area contributed by atoms with Crippen LogP contribution in [0.15, 0.2) is 0 Å². The number of ketones is 2. The second-order valence-corrected chi connectivity index (χ2v) is 2.86. The number of aliphatic hydroxyl groups excluding tert-OH is 1. The number of rotatable bonds is 4. The summed E-state index contributed by atoms with van der Waals surface area (Å²) in [5, 5.41) is 8.79. The van der Waals surface area contributed by atoms with Gasteiger partial charge in [-0.25, -0.2) is 0 Å². The Hall–Kier alpha value is -0.700. The standard InChI is InChI=1S/C8H14O3/c1-5(6(2)9)4-8(11)7(3)10/h5,7,10H,4H2,1-3H3/t5-,7+/m1/s1. The summed E-state index contributed by atoms with van der Waals surface area (Å²) >= 11 is 0. The van der Waals surface area contributed by atoms with Crippen LogP contribution in [0.1, 0.15) is 27.2 Å². The lowest BCUT2D eigenvalue weighted by atomic mass is 9.99. The largest absolute Gasteiger partial charge is 0.386 e. The van der Waals surface area contributed by atoms with Crippen LogP contribution in [-0.4, -0.2) is 22.8 Å². The van der Waals surface area contributed by atoms with Crippen molar-refractivity contribution in [3.8, 4) is 0 Å². The zero-order valence-corrected chi connectivity index (χ0v) is 7.13. The zero-order valence-electron chi connectivity index (χ0n) is 7.13. The Bertz CT molecular complexity index is 161. The molecule has 0 rings (SSSR count). The fourth-order valence-electron chi connectivity index (χ4n) is 0.616. The topological polar surface area (TPSA) is 54.4 Å². The maximum atomic E-state index is 10.9. The van der Waals surface area contributed by atoms with Crippen molar-refractivity contribution in [3.63, 3.8) is 0 Å². The van der Waals surface area contributed by atoms with Crippen molar-refractivity contribution in [2.45, 2.75) is 33.3 Å². The highest BCUT2D eigenvalue weighted by atomic mass is 16.3. The van der Waals surface area contributed by atoms with Crippen LogP contribution in [0.2, 0.25) is 0 Å². The number of Topliss-reactive ketones (excluding diaryl/α,β-unsaturated/α-hetero) is 2. The average molecular weight is 158 g/mol. The van der Waals surface area contributed by atoms with Gasteiger partial charge in [0.15, 0.2) is 5.78 Å². The number of hydrogen-bond acceptors (Lipinski definition) is 3. The van der Waals surface area contributed by atoms with Crippen molar-refractivity contribution in [3.05, 3.63) is 0 Å². The van der Waals surface area contributed by atoms with E-state index in [0.29, 0.717) is 0 Å². The first-order valence-corrected chi connectivity index (χ1v) is 3.66. The van der Waals surface area contributed by atoms with Crippen LogP contribution in [0.3, 0.4) is 0 Å². The fourth-order valence-corrected chi connectivity index (χ4v) is 0.616. The van der Waals surface area contributed by atoms with E-state index in [2.05, 4.69) is 0 Å². The quantitative estimate of drug-likeness (QED) is 0.650. The van der Waals surface area contributed by atoms with Crippen LogP contribution < -0.4 is 0 Å². The van der Waals surface area contributed by atoms with Crippen LogP contribution >= 0.6 is 0 Å². The van der Waals surface area contributed by atoms with Crippen LogP contribution in [0.25, 0.3) is 0 Å². The molecule has 0 amide bonds. The highest BCUT2D eigenvalue weighted by Gasteiger charge is 2.16. The molecule has 0 saturated heterocycles. The summed E-state index contributed by atoms with van der Waals surface area (Å²) in [6, 6.07) is 0. The number of aliphatic hydroxyl groups is 1. The molecule has 0 aliphatic heterocycles. The maximum absolute atomic E-state index is 10.9. The Kier molecular flexibility index (Phi) is 3.97. The van der Waals surface area contributed by atoms with Gasteiger partial charge in [0.25, 0.3) is 0 Å². The molecule has 0 saturated carbocycles. The predicted molar refractivity (Wildman–Crippen MR) is 41.1 cm³/mol. The van der Waals surface area contributed by atoms with Crippen molar-refractivity contribution in [2.75, 3.05) is 0 Å². The molecule has 0 aliphatic rings. The number of carbonyl (C=O) groups excluding carboxylic acids is 2. The SMILES string of the molecule is CC(=O)[C@H](C)CC(=O)[C@H](C)O. The lowest BCUT2D eigenvalue weighted by Gasteiger charge is -2.07. The molecule has 1 N–H and O–H groups in total. The molecule has 3 heteroatoms. The number of carbonyl (C=O) groups is 2. The fraction of sp³-hybridized carbons (Fsp3) is 0.750. The molecule has 0 bridgehead atoms. The van der Waals surface area contributed by atoms with Crippen molar-refractivity contribution in [1.29, 1.82) is 0 Å². The second-order valence-electron chi connectivity index (χ2n) is 2.86. The molecule has 0 fully saturated rings. The normalized spacial score (nSPS) is 15.6. The van der Waals surface area contributed by atoms with E-state index in [4.69, 9.17) is 5.11 Å². The van der Waals surface area contributed by atoms with Gasteiger partial charge in [-0.1, -0.05) is 6.92 Å². The van der Waals surface area contributed by atoms with E-state index in [1.54, 1.807) is 6.92 Å². The van der Waals surface area contributed by atoms with E-state index in [9.17, 15) is 9.59 Å². The molecule has 0 heterocycles. The Morgan fingerprint density at radius 3 is 2.09 bits per heavy atom. The van der Waals surface area contributed by atoms with Gasteiger partial charge in [-0.2, -0.15) is 0 Å². The highest BCUT2D eigenvalue weighted by molar-refractivity contribution is 5.88. The summed E-state index contributed by atoms with van der Waals surface area (Å²) in [5.41, 5.74) is 0. The zero-order chi connectivity index (χ0) is 9.02. The first kappa shape index (κ1) is 10.3. The minimum absolute atomic E-state index is 0.0148. The summed E-state index contributed by atoms with van der Waals surface area (Å²) in [5.74, 6) is -0.552. The molecule has 0 aliphatic carbocycles. The first-order chi connectivity index (χ1) is 4.95. The molecule has 0 aromatic heterocycles. The third-order valence-electron chi connectivity index (χ3n) is 1.67. The van der Waals surface area contributed by atoms with Crippen LogP contribution in [0.5, 0.6) is 0 Å². The average Bonchev–Trinajstić information content (AvgIpc) is 1.87. The van der Waals surface area contributed by atoms with Gasteiger partial charge < -0.3 is 5.11 Å². The smallest absolute Gasteiger partial charge is 0.161 e. The van der Waals surface area contributed by atoms with Crippen molar-refractivity contribution in [2.24, 2.45) is 5.92 Å². The molecule has 2 atom stereocenters. The highest BCUT2D eigenvalue weighted by Crippen LogP contribution is 2.05. The molecule has 0 spiro atoms. The van der Waals surface area contributed by atoms with E-state index >= 15 is 0 Å². The van der Waals surface area contributed by atoms with Gasteiger partial charge >= 0.3 is 0 Å². The van der Waals surface area contributed by atoms with Crippen molar-refractivity contribution >= 4 is 11.6 Å². The van der Waals surface area contributed by atoms with E-state index in [1.807, 2.05) is 0 Å². The Labute approximate surface area is 66.4 Å². The second kappa shape index (κ2) is 4.23. The van der Waals surface area contributed by atoms with Crippen LogP contribution in [0.4, 0.5) is 0 Å². The summed E-state index contributed by atoms with van der Waals surface area (Å²) in [7, 11) is 0. The minimum Gasteiger partial charge on any atom is -0.386 e. The monoisotopic (exact) mass is 158 g/mol. The first-order valence-electron chi connectivity index (χ1n) is 3.66. The van der Waals surface area contributed by atoms with Gasteiger partial charge in [-0.3, -0.25) is 9.59 Å². The summed E-state index contributed by atoms with van der Waals surface area (Å²) in [6.45, 7) is 4.54. The van der Waals surface area contributed by atoms with E-state index in [-0.39, 0.29) is 23.9 Å². The maximum Gasteiger partial charge on any atom is 0.161 e. The molecule has 0 aromatic rings. The van der Waals surface area contributed by atoms with Crippen LogP contribution in [0, 0.1) is 5.92 Å². The van der Waals surface area contributed by atoms with Gasteiger partial charge in [-0.05, 0) is 13.8 Å².